The van der Waals surface area contributed by atoms with Crippen LogP contribution in [0.15, 0.2) is 18.2 Å². The molecule has 0 unspecified atom stereocenters. The van der Waals surface area contributed by atoms with E-state index in [2.05, 4.69) is 35.1 Å². The molecule has 0 radical (unpaired) electrons. The molecular weight excluding hydrogens is 270 g/mol. The van der Waals surface area contributed by atoms with Crippen LogP contribution in [0.2, 0.25) is 0 Å². The zero-order valence-corrected chi connectivity index (χ0v) is 12.7. The summed E-state index contributed by atoms with van der Waals surface area (Å²) in [6.07, 6.45) is 2.38. The van der Waals surface area contributed by atoms with E-state index in [0.29, 0.717) is 5.13 Å². The van der Waals surface area contributed by atoms with Crippen molar-refractivity contribution in [3.05, 3.63) is 23.8 Å². The number of hydrogen-bond acceptors (Lipinski definition) is 5. The predicted molar refractivity (Wildman–Crippen MR) is 83.9 cm³/mol. The first-order chi connectivity index (χ1) is 9.70. The minimum atomic E-state index is 0.646. The third-order valence-corrected chi connectivity index (χ3v) is 4.68. The summed E-state index contributed by atoms with van der Waals surface area (Å²) in [5.41, 5.74) is 8.08. The first-order valence-electron chi connectivity index (χ1n) is 7.12. The summed E-state index contributed by atoms with van der Waals surface area (Å²) in [7, 11) is 2.20. The Morgan fingerprint density at radius 2 is 2.20 bits per heavy atom. The Labute approximate surface area is 123 Å². The zero-order valence-electron chi connectivity index (χ0n) is 11.8. The molecule has 1 fully saturated rings. The van der Waals surface area contributed by atoms with E-state index >= 15 is 0 Å². The summed E-state index contributed by atoms with van der Waals surface area (Å²) in [5.74, 6) is 0.775. The van der Waals surface area contributed by atoms with Gasteiger partial charge in [0.15, 0.2) is 5.13 Å². The Hall–Kier alpha value is -1.17. The Morgan fingerprint density at radius 1 is 1.40 bits per heavy atom. The van der Waals surface area contributed by atoms with E-state index in [-0.39, 0.29) is 0 Å². The number of nitrogen functional groups attached to an aromatic ring is 1. The molecule has 1 aliphatic rings. The van der Waals surface area contributed by atoms with Crippen LogP contribution in [-0.2, 0) is 11.3 Å². The molecule has 2 aromatic rings. The van der Waals surface area contributed by atoms with Crippen LogP contribution >= 0.6 is 11.3 Å². The number of benzene rings is 1. The van der Waals surface area contributed by atoms with Gasteiger partial charge < -0.3 is 15.4 Å². The molecule has 0 spiro atoms. The van der Waals surface area contributed by atoms with Crippen LogP contribution in [-0.4, -0.2) is 36.7 Å². The largest absolute Gasteiger partial charge is 0.381 e. The Bertz CT molecular complexity index is 578. The molecule has 0 saturated carbocycles. The van der Waals surface area contributed by atoms with E-state index in [4.69, 9.17) is 10.5 Å². The second-order valence-corrected chi connectivity index (χ2v) is 6.67. The minimum absolute atomic E-state index is 0.646. The SMILES string of the molecule is CN(Cc1ccc2nc(N)sc2c1)CC1CCOCC1. The van der Waals surface area contributed by atoms with Gasteiger partial charge in [-0.1, -0.05) is 17.4 Å². The van der Waals surface area contributed by atoms with Crippen molar-refractivity contribution in [1.82, 2.24) is 9.88 Å². The molecule has 1 saturated heterocycles. The van der Waals surface area contributed by atoms with Gasteiger partial charge in [-0.3, -0.25) is 0 Å². The number of nitrogens with two attached hydrogens (primary N) is 1. The lowest BCUT2D eigenvalue weighted by Gasteiger charge is -2.27. The van der Waals surface area contributed by atoms with Gasteiger partial charge in [0, 0.05) is 26.3 Å². The van der Waals surface area contributed by atoms with E-state index in [1.807, 2.05) is 0 Å². The first kappa shape index (κ1) is 13.8. The maximum atomic E-state index is 5.75. The Balaban J connectivity index is 1.62. The molecule has 5 heteroatoms. The highest BCUT2D eigenvalue weighted by molar-refractivity contribution is 7.22. The van der Waals surface area contributed by atoms with Gasteiger partial charge >= 0.3 is 0 Å². The molecule has 0 amide bonds. The van der Waals surface area contributed by atoms with Crippen LogP contribution in [0.25, 0.3) is 10.2 Å². The molecule has 20 heavy (non-hydrogen) atoms. The lowest BCUT2D eigenvalue weighted by atomic mass is 10.00. The van der Waals surface area contributed by atoms with Crippen LogP contribution in [0, 0.1) is 5.92 Å². The van der Waals surface area contributed by atoms with Crippen molar-refractivity contribution in [1.29, 1.82) is 0 Å². The molecule has 2 heterocycles. The van der Waals surface area contributed by atoms with Crippen LogP contribution in [0.5, 0.6) is 0 Å². The minimum Gasteiger partial charge on any atom is -0.381 e. The number of anilines is 1. The van der Waals surface area contributed by atoms with Crippen molar-refractivity contribution >= 4 is 26.7 Å². The summed E-state index contributed by atoms with van der Waals surface area (Å²) in [4.78, 5) is 6.70. The fraction of sp³-hybridized carbons (Fsp3) is 0.533. The maximum absolute atomic E-state index is 5.75. The normalized spacial score (nSPS) is 17.1. The highest BCUT2D eigenvalue weighted by Gasteiger charge is 2.16. The molecule has 1 aromatic carbocycles. The first-order valence-corrected chi connectivity index (χ1v) is 7.93. The van der Waals surface area contributed by atoms with Gasteiger partial charge in [0.2, 0.25) is 0 Å². The van der Waals surface area contributed by atoms with Crippen LogP contribution in [0.1, 0.15) is 18.4 Å². The van der Waals surface area contributed by atoms with E-state index in [1.54, 1.807) is 11.3 Å². The Morgan fingerprint density at radius 3 is 3.00 bits per heavy atom. The smallest absolute Gasteiger partial charge is 0.181 e. The van der Waals surface area contributed by atoms with Crippen molar-refractivity contribution in [2.24, 2.45) is 5.92 Å². The van der Waals surface area contributed by atoms with Gasteiger partial charge in [-0.15, -0.1) is 0 Å². The summed E-state index contributed by atoms with van der Waals surface area (Å²) in [5, 5.41) is 0.646. The molecule has 108 valence electrons. The molecule has 0 atom stereocenters. The van der Waals surface area contributed by atoms with Gasteiger partial charge in [-0.25, -0.2) is 4.98 Å². The van der Waals surface area contributed by atoms with E-state index in [1.165, 1.54) is 23.1 Å². The number of fused-ring (bicyclic) bond motifs is 1. The molecule has 1 aliphatic heterocycles. The Kier molecular flexibility index (Phi) is 4.19. The number of thiazole rings is 1. The average Bonchev–Trinajstić information content (AvgIpc) is 2.79. The fourth-order valence-corrected chi connectivity index (χ4v) is 3.63. The number of ether oxygens (including phenoxy) is 1. The second kappa shape index (κ2) is 6.08. The average molecular weight is 291 g/mol. The third kappa shape index (κ3) is 3.29. The molecule has 0 bridgehead atoms. The highest BCUT2D eigenvalue weighted by Crippen LogP contribution is 2.25. The van der Waals surface area contributed by atoms with Crippen molar-refractivity contribution in [2.75, 3.05) is 32.5 Å². The van der Waals surface area contributed by atoms with Gasteiger partial charge in [-0.05, 0) is 43.5 Å². The predicted octanol–water partition coefficient (Wildman–Crippen LogP) is 2.74. The highest BCUT2D eigenvalue weighted by atomic mass is 32.1. The topological polar surface area (TPSA) is 51.4 Å². The summed E-state index contributed by atoms with van der Waals surface area (Å²) in [6.45, 7) is 3.96. The van der Waals surface area contributed by atoms with Crippen molar-refractivity contribution < 1.29 is 4.74 Å². The molecule has 0 aliphatic carbocycles. The van der Waals surface area contributed by atoms with E-state index in [0.717, 1.165) is 37.7 Å². The van der Waals surface area contributed by atoms with Crippen LogP contribution in [0.3, 0.4) is 0 Å². The maximum Gasteiger partial charge on any atom is 0.181 e. The van der Waals surface area contributed by atoms with Crippen molar-refractivity contribution in [3.8, 4) is 0 Å². The quantitative estimate of drug-likeness (QED) is 0.941. The summed E-state index contributed by atoms with van der Waals surface area (Å²) >= 11 is 1.56. The van der Waals surface area contributed by atoms with E-state index < -0.39 is 0 Å². The number of rotatable bonds is 4. The molecule has 4 nitrogen and oxygen atoms in total. The molecule has 2 N–H and O–H groups in total. The van der Waals surface area contributed by atoms with Gasteiger partial charge in [0.05, 0.1) is 10.2 Å². The third-order valence-electron chi connectivity index (χ3n) is 3.83. The monoisotopic (exact) mass is 291 g/mol. The number of nitrogens with zero attached hydrogens (tertiary/aromatic N) is 2. The number of aromatic nitrogens is 1. The van der Waals surface area contributed by atoms with Crippen molar-refractivity contribution in [2.45, 2.75) is 19.4 Å². The van der Waals surface area contributed by atoms with E-state index in [9.17, 15) is 0 Å². The van der Waals surface area contributed by atoms with Crippen LogP contribution < -0.4 is 5.73 Å². The number of hydrogen-bond donors (Lipinski definition) is 1. The summed E-state index contributed by atoms with van der Waals surface area (Å²) < 4.78 is 6.59. The molecule has 3 rings (SSSR count). The van der Waals surface area contributed by atoms with Crippen molar-refractivity contribution in [3.63, 3.8) is 0 Å². The summed E-state index contributed by atoms with van der Waals surface area (Å²) in [6, 6.07) is 6.44. The standard InChI is InChI=1S/C15H21N3OS/c1-18(9-11-4-6-19-7-5-11)10-12-2-3-13-14(8-12)20-15(16)17-13/h2-3,8,11H,4-7,9-10H2,1H3,(H2,16,17). The lowest BCUT2D eigenvalue weighted by Crippen LogP contribution is -2.29. The van der Waals surface area contributed by atoms with Gasteiger partial charge in [0.1, 0.15) is 0 Å². The van der Waals surface area contributed by atoms with Gasteiger partial charge in [-0.2, -0.15) is 0 Å². The zero-order chi connectivity index (χ0) is 13.9. The molecule has 1 aromatic heterocycles. The fourth-order valence-electron chi connectivity index (χ4n) is 2.83. The van der Waals surface area contributed by atoms with Gasteiger partial charge in [0.25, 0.3) is 0 Å². The molecular formula is C15H21N3OS. The second-order valence-electron chi connectivity index (χ2n) is 5.61. The lowest BCUT2D eigenvalue weighted by molar-refractivity contribution is 0.0549. The van der Waals surface area contributed by atoms with Crippen LogP contribution in [0.4, 0.5) is 5.13 Å².